The molecule has 1 aliphatic carbocycles. The van der Waals surface area contributed by atoms with E-state index in [9.17, 15) is 14.7 Å². The molecular weight excluding hydrogens is 182 g/mol. The number of nitrogens with one attached hydrogen (secondary N) is 1. The predicted octanol–water partition coefficient (Wildman–Crippen LogP) is 0.243. The molecule has 0 aromatic carbocycles. The normalized spacial score (nSPS) is 26.1. The SMILES string of the molecule is CC(=O)CC(=O)NCC1CCCC1O. The molecule has 2 N–H and O–H groups in total. The van der Waals surface area contributed by atoms with Gasteiger partial charge in [0.15, 0.2) is 0 Å². The van der Waals surface area contributed by atoms with E-state index in [0.29, 0.717) is 6.54 Å². The largest absolute Gasteiger partial charge is 0.393 e. The first-order chi connectivity index (χ1) is 6.59. The summed E-state index contributed by atoms with van der Waals surface area (Å²) in [7, 11) is 0. The van der Waals surface area contributed by atoms with Crippen molar-refractivity contribution in [1.29, 1.82) is 0 Å². The van der Waals surface area contributed by atoms with Crippen LogP contribution in [0, 0.1) is 5.92 Å². The number of aliphatic hydroxyl groups is 1. The van der Waals surface area contributed by atoms with Crippen molar-refractivity contribution in [2.24, 2.45) is 5.92 Å². The lowest BCUT2D eigenvalue weighted by molar-refractivity contribution is -0.127. The molecule has 1 aliphatic rings. The van der Waals surface area contributed by atoms with Crippen LogP contribution in [0.5, 0.6) is 0 Å². The standard InChI is InChI=1S/C10H17NO3/c1-7(12)5-10(14)11-6-8-3-2-4-9(8)13/h8-9,13H,2-6H2,1H3,(H,11,14). The summed E-state index contributed by atoms with van der Waals surface area (Å²) < 4.78 is 0. The number of ketones is 1. The van der Waals surface area contributed by atoms with Gasteiger partial charge in [-0.3, -0.25) is 9.59 Å². The highest BCUT2D eigenvalue weighted by atomic mass is 16.3. The van der Waals surface area contributed by atoms with Crippen LogP contribution in [0.25, 0.3) is 0 Å². The van der Waals surface area contributed by atoms with Gasteiger partial charge in [-0.25, -0.2) is 0 Å². The maximum Gasteiger partial charge on any atom is 0.227 e. The van der Waals surface area contributed by atoms with E-state index in [2.05, 4.69) is 5.32 Å². The molecule has 0 radical (unpaired) electrons. The molecule has 1 rings (SSSR count). The van der Waals surface area contributed by atoms with Crippen LogP contribution >= 0.6 is 0 Å². The molecule has 4 heteroatoms. The molecule has 1 saturated carbocycles. The second-order valence-electron chi connectivity index (χ2n) is 3.94. The van der Waals surface area contributed by atoms with Gasteiger partial charge in [0.2, 0.25) is 5.91 Å². The van der Waals surface area contributed by atoms with E-state index in [1.807, 2.05) is 0 Å². The molecule has 2 atom stereocenters. The van der Waals surface area contributed by atoms with E-state index in [-0.39, 0.29) is 30.1 Å². The molecule has 80 valence electrons. The summed E-state index contributed by atoms with van der Waals surface area (Å²) in [4.78, 5) is 21.7. The summed E-state index contributed by atoms with van der Waals surface area (Å²) >= 11 is 0. The molecule has 2 unspecified atom stereocenters. The van der Waals surface area contributed by atoms with Gasteiger partial charge in [0.1, 0.15) is 5.78 Å². The molecule has 1 amide bonds. The second kappa shape index (κ2) is 5.10. The summed E-state index contributed by atoms with van der Waals surface area (Å²) in [5.41, 5.74) is 0. The third kappa shape index (κ3) is 3.46. The van der Waals surface area contributed by atoms with Gasteiger partial charge in [0.05, 0.1) is 12.5 Å². The topological polar surface area (TPSA) is 66.4 Å². The van der Waals surface area contributed by atoms with Crippen molar-refractivity contribution < 1.29 is 14.7 Å². The molecule has 0 aromatic heterocycles. The quantitative estimate of drug-likeness (QED) is 0.637. The minimum atomic E-state index is -0.285. The fourth-order valence-electron chi connectivity index (χ4n) is 1.79. The summed E-state index contributed by atoms with van der Waals surface area (Å²) in [6.45, 7) is 1.89. The molecule has 0 bridgehead atoms. The van der Waals surface area contributed by atoms with E-state index < -0.39 is 0 Å². The van der Waals surface area contributed by atoms with Crippen molar-refractivity contribution in [1.82, 2.24) is 5.32 Å². The Hall–Kier alpha value is -0.900. The molecule has 0 saturated heterocycles. The Morgan fingerprint density at radius 3 is 2.64 bits per heavy atom. The van der Waals surface area contributed by atoms with Crippen LogP contribution in [0.3, 0.4) is 0 Å². The van der Waals surface area contributed by atoms with E-state index in [1.54, 1.807) is 0 Å². The predicted molar refractivity (Wildman–Crippen MR) is 51.7 cm³/mol. The summed E-state index contributed by atoms with van der Waals surface area (Å²) in [5, 5.41) is 12.1. The number of carbonyl (C=O) groups excluding carboxylic acids is 2. The van der Waals surface area contributed by atoms with E-state index >= 15 is 0 Å². The summed E-state index contributed by atoms with van der Waals surface area (Å²) in [6.07, 6.45) is 2.47. The van der Waals surface area contributed by atoms with Gasteiger partial charge in [0, 0.05) is 12.5 Å². The Labute approximate surface area is 83.7 Å². The van der Waals surface area contributed by atoms with Crippen LogP contribution in [0.15, 0.2) is 0 Å². The molecule has 1 fully saturated rings. The van der Waals surface area contributed by atoms with E-state index in [0.717, 1.165) is 19.3 Å². The van der Waals surface area contributed by atoms with Crippen molar-refractivity contribution in [3.05, 3.63) is 0 Å². The minimum absolute atomic E-state index is 0.0528. The van der Waals surface area contributed by atoms with Crippen LogP contribution in [0.2, 0.25) is 0 Å². The second-order valence-corrected chi connectivity index (χ2v) is 3.94. The lowest BCUT2D eigenvalue weighted by atomic mass is 10.1. The molecule has 0 aromatic rings. The Morgan fingerprint density at radius 1 is 1.43 bits per heavy atom. The zero-order valence-corrected chi connectivity index (χ0v) is 8.45. The Kier molecular flexibility index (Phi) is 4.07. The van der Waals surface area contributed by atoms with Crippen LogP contribution in [-0.2, 0) is 9.59 Å². The lowest BCUT2D eigenvalue weighted by Gasteiger charge is -2.14. The van der Waals surface area contributed by atoms with Crippen molar-refractivity contribution >= 4 is 11.7 Å². The van der Waals surface area contributed by atoms with Crippen molar-refractivity contribution in [3.8, 4) is 0 Å². The highest BCUT2D eigenvalue weighted by Crippen LogP contribution is 2.24. The van der Waals surface area contributed by atoms with Gasteiger partial charge in [0.25, 0.3) is 0 Å². The van der Waals surface area contributed by atoms with Gasteiger partial charge in [-0.1, -0.05) is 6.42 Å². The first kappa shape index (κ1) is 11.2. The van der Waals surface area contributed by atoms with Crippen molar-refractivity contribution in [2.45, 2.75) is 38.7 Å². The zero-order valence-electron chi connectivity index (χ0n) is 8.45. The monoisotopic (exact) mass is 199 g/mol. The minimum Gasteiger partial charge on any atom is -0.393 e. The van der Waals surface area contributed by atoms with Crippen LogP contribution in [-0.4, -0.2) is 29.4 Å². The Balaban J connectivity index is 2.19. The third-order valence-corrected chi connectivity index (χ3v) is 2.59. The fourth-order valence-corrected chi connectivity index (χ4v) is 1.79. The average Bonchev–Trinajstić information content (AvgIpc) is 2.46. The molecular formula is C10H17NO3. The van der Waals surface area contributed by atoms with Gasteiger partial charge in [-0.05, 0) is 19.8 Å². The van der Waals surface area contributed by atoms with Crippen molar-refractivity contribution in [2.75, 3.05) is 6.54 Å². The molecule has 0 aliphatic heterocycles. The summed E-state index contributed by atoms with van der Waals surface area (Å²) in [5.74, 6) is -0.197. The van der Waals surface area contributed by atoms with Crippen LogP contribution < -0.4 is 5.32 Å². The first-order valence-corrected chi connectivity index (χ1v) is 5.04. The number of aliphatic hydroxyl groups excluding tert-OH is 1. The average molecular weight is 199 g/mol. The van der Waals surface area contributed by atoms with Crippen LogP contribution in [0.4, 0.5) is 0 Å². The molecule has 0 heterocycles. The summed E-state index contributed by atoms with van der Waals surface area (Å²) in [6, 6.07) is 0. The highest BCUT2D eigenvalue weighted by molar-refractivity contribution is 5.96. The maximum atomic E-state index is 11.1. The van der Waals surface area contributed by atoms with Crippen LogP contribution in [0.1, 0.15) is 32.6 Å². The Bertz CT molecular complexity index is 227. The van der Waals surface area contributed by atoms with Gasteiger partial charge >= 0.3 is 0 Å². The van der Waals surface area contributed by atoms with Gasteiger partial charge in [-0.2, -0.15) is 0 Å². The molecule has 0 spiro atoms. The smallest absolute Gasteiger partial charge is 0.227 e. The third-order valence-electron chi connectivity index (χ3n) is 2.59. The molecule has 4 nitrogen and oxygen atoms in total. The number of hydrogen-bond acceptors (Lipinski definition) is 3. The highest BCUT2D eigenvalue weighted by Gasteiger charge is 2.25. The number of Topliss-reactive ketones (excluding diaryl/α,β-unsaturated/α-hetero) is 1. The van der Waals surface area contributed by atoms with E-state index in [1.165, 1.54) is 6.92 Å². The van der Waals surface area contributed by atoms with Gasteiger partial charge < -0.3 is 10.4 Å². The van der Waals surface area contributed by atoms with E-state index in [4.69, 9.17) is 0 Å². The molecule has 14 heavy (non-hydrogen) atoms. The zero-order chi connectivity index (χ0) is 10.6. The maximum absolute atomic E-state index is 11.1. The number of hydrogen-bond donors (Lipinski definition) is 2. The number of amides is 1. The fraction of sp³-hybridized carbons (Fsp3) is 0.800. The lowest BCUT2D eigenvalue weighted by Crippen LogP contribution is -2.33. The Morgan fingerprint density at radius 2 is 2.14 bits per heavy atom. The van der Waals surface area contributed by atoms with Gasteiger partial charge in [-0.15, -0.1) is 0 Å². The van der Waals surface area contributed by atoms with Crippen molar-refractivity contribution in [3.63, 3.8) is 0 Å². The first-order valence-electron chi connectivity index (χ1n) is 5.04. The number of carbonyl (C=O) groups is 2. The number of rotatable bonds is 4.